The van der Waals surface area contributed by atoms with Crippen molar-refractivity contribution in [2.24, 2.45) is 5.92 Å². The molecule has 0 radical (unpaired) electrons. The van der Waals surface area contributed by atoms with Crippen molar-refractivity contribution in [2.45, 2.75) is 31.1 Å². The average Bonchev–Trinajstić information content (AvgIpc) is 2.88. The molecule has 1 aliphatic heterocycles. The highest BCUT2D eigenvalue weighted by Gasteiger charge is 2.50. The summed E-state index contributed by atoms with van der Waals surface area (Å²) in [7, 11) is 0. The maximum absolute atomic E-state index is 3.46. The van der Waals surface area contributed by atoms with Crippen LogP contribution in [0.15, 0.2) is 17.5 Å². The number of thiophene rings is 1. The molecule has 76 valence electrons. The molecular weight excluding hydrogens is 190 g/mol. The average molecular weight is 207 g/mol. The van der Waals surface area contributed by atoms with Crippen LogP contribution >= 0.6 is 11.3 Å². The third-order valence-electron chi connectivity index (χ3n) is 3.92. The summed E-state index contributed by atoms with van der Waals surface area (Å²) in [4.78, 5) is 1.66. The van der Waals surface area contributed by atoms with E-state index in [0.29, 0.717) is 5.41 Å². The lowest BCUT2D eigenvalue weighted by molar-refractivity contribution is 0.306. The van der Waals surface area contributed by atoms with Gasteiger partial charge in [-0.3, -0.25) is 0 Å². The van der Waals surface area contributed by atoms with Gasteiger partial charge in [-0.2, -0.15) is 0 Å². The summed E-state index contributed by atoms with van der Waals surface area (Å²) in [5.41, 5.74) is 0.621. The molecule has 2 heteroatoms. The van der Waals surface area contributed by atoms with E-state index < -0.39 is 0 Å². The van der Waals surface area contributed by atoms with Crippen LogP contribution in [0.2, 0.25) is 0 Å². The van der Waals surface area contributed by atoms with Crippen LogP contribution in [-0.4, -0.2) is 13.1 Å². The number of rotatable bonds is 2. The highest BCUT2D eigenvalue weighted by Crippen LogP contribution is 2.57. The van der Waals surface area contributed by atoms with Gasteiger partial charge in [-0.05, 0) is 56.1 Å². The van der Waals surface area contributed by atoms with E-state index >= 15 is 0 Å². The minimum absolute atomic E-state index is 0.621. The van der Waals surface area contributed by atoms with Crippen LogP contribution in [-0.2, 0) is 5.41 Å². The zero-order chi connectivity index (χ0) is 9.43. The van der Waals surface area contributed by atoms with Crippen molar-refractivity contribution in [1.82, 2.24) is 5.32 Å². The molecule has 2 aliphatic rings. The summed E-state index contributed by atoms with van der Waals surface area (Å²) in [6.45, 7) is 2.47. The smallest absolute Gasteiger partial charge is 0.0110 e. The monoisotopic (exact) mass is 207 g/mol. The van der Waals surface area contributed by atoms with E-state index in [4.69, 9.17) is 0 Å². The molecule has 0 atom stereocenters. The van der Waals surface area contributed by atoms with Gasteiger partial charge in [0, 0.05) is 10.3 Å². The maximum Gasteiger partial charge on any atom is 0.0110 e. The van der Waals surface area contributed by atoms with Gasteiger partial charge in [-0.25, -0.2) is 0 Å². The molecule has 0 amide bonds. The van der Waals surface area contributed by atoms with Crippen LogP contribution in [0.4, 0.5) is 0 Å². The standard InChI is InChI=1S/C12H17NS/c1-2-11(14-9-1)12(5-6-12)10-3-7-13-8-4-10/h1-2,9-10,13H,3-8H2. The molecule has 0 unspecified atom stereocenters. The third-order valence-corrected chi connectivity index (χ3v) is 5.01. The Bertz CT molecular complexity index is 294. The first-order valence-corrected chi connectivity index (χ1v) is 6.54. The fourth-order valence-corrected chi connectivity index (χ4v) is 3.99. The molecule has 0 aromatic carbocycles. The fraction of sp³-hybridized carbons (Fsp3) is 0.667. The Kier molecular flexibility index (Phi) is 2.14. The largest absolute Gasteiger partial charge is 0.317 e. The van der Waals surface area contributed by atoms with Crippen molar-refractivity contribution >= 4 is 11.3 Å². The van der Waals surface area contributed by atoms with Gasteiger partial charge < -0.3 is 5.32 Å². The molecule has 1 aromatic rings. The van der Waals surface area contributed by atoms with Crippen LogP contribution in [0.25, 0.3) is 0 Å². The first-order valence-electron chi connectivity index (χ1n) is 5.66. The minimum Gasteiger partial charge on any atom is -0.317 e. The lowest BCUT2D eigenvalue weighted by Crippen LogP contribution is -2.33. The SMILES string of the molecule is c1csc(C2(C3CCNCC3)CC2)c1. The van der Waals surface area contributed by atoms with Crippen molar-refractivity contribution in [3.63, 3.8) is 0 Å². The number of nitrogens with one attached hydrogen (secondary N) is 1. The Morgan fingerprint density at radius 3 is 2.64 bits per heavy atom. The third kappa shape index (κ3) is 1.32. The molecule has 14 heavy (non-hydrogen) atoms. The fourth-order valence-electron chi connectivity index (χ4n) is 2.93. The van der Waals surface area contributed by atoms with Gasteiger partial charge in [0.05, 0.1) is 0 Å². The Morgan fingerprint density at radius 1 is 1.29 bits per heavy atom. The van der Waals surface area contributed by atoms with Gasteiger partial charge in [-0.1, -0.05) is 6.07 Å². The second-order valence-corrected chi connectivity index (χ2v) is 5.61. The number of hydrogen-bond acceptors (Lipinski definition) is 2. The van der Waals surface area contributed by atoms with E-state index in [1.165, 1.54) is 38.8 Å². The Morgan fingerprint density at radius 2 is 2.07 bits per heavy atom. The minimum atomic E-state index is 0.621. The Balaban J connectivity index is 1.82. The first-order chi connectivity index (χ1) is 6.92. The van der Waals surface area contributed by atoms with Crippen molar-refractivity contribution in [1.29, 1.82) is 0 Å². The van der Waals surface area contributed by atoms with E-state index in [9.17, 15) is 0 Å². The van der Waals surface area contributed by atoms with E-state index in [1.54, 1.807) is 4.88 Å². The van der Waals surface area contributed by atoms with E-state index in [2.05, 4.69) is 22.8 Å². The quantitative estimate of drug-likeness (QED) is 0.786. The lowest BCUT2D eigenvalue weighted by Gasteiger charge is -2.30. The van der Waals surface area contributed by atoms with Crippen molar-refractivity contribution < 1.29 is 0 Å². The molecule has 0 bridgehead atoms. The lowest BCUT2D eigenvalue weighted by atomic mass is 9.81. The van der Waals surface area contributed by atoms with Crippen LogP contribution in [0.1, 0.15) is 30.6 Å². The molecule has 2 fully saturated rings. The topological polar surface area (TPSA) is 12.0 Å². The Labute approximate surface area is 89.5 Å². The van der Waals surface area contributed by atoms with Gasteiger partial charge in [0.15, 0.2) is 0 Å². The highest BCUT2D eigenvalue weighted by atomic mass is 32.1. The molecule has 0 spiro atoms. The molecule has 1 aliphatic carbocycles. The van der Waals surface area contributed by atoms with Crippen molar-refractivity contribution in [3.8, 4) is 0 Å². The van der Waals surface area contributed by atoms with Crippen LogP contribution in [0.3, 0.4) is 0 Å². The molecule has 1 nitrogen and oxygen atoms in total. The van der Waals surface area contributed by atoms with Crippen LogP contribution < -0.4 is 5.32 Å². The molecule has 1 saturated heterocycles. The second kappa shape index (κ2) is 3.35. The second-order valence-electron chi connectivity index (χ2n) is 4.66. The van der Waals surface area contributed by atoms with Gasteiger partial charge in [0.1, 0.15) is 0 Å². The summed E-state index contributed by atoms with van der Waals surface area (Å²) < 4.78 is 0. The predicted molar refractivity (Wildman–Crippen MR) is 60.8 cm³/mol. The molecule has 1 N–H and O–H groups in total. The molecule has 3 rings (SSSR count). The van der Waals surface area contributed by atoms with Gasteiger partial charge in [0.2, 0.25) is 0 Å². The maximum atomic E-state index is 3.46. The van der Waals surface area contributed by atoms with Gasteiger partial charge >= 0.3 is 0 Å². The summed E-state index contributed by atoms with van der Waals surface area (Å²) >= 11 is 1.97. The van der Waals surface area contributed by atoms with Crippen molar-refractivity contribution in [3.05, 3.63) is 22.4 Å². The molecular formula is C12H17NS. The predicted octanol–water partition coefficient (Wildman–Crippen LogP) is 2.78. The summed E-state index contributed by atoms with van der Waals surface area (Å²) in [5.74, 6) is 0.961. The van der Waals surface area contributed by atoms with E-state index in [1.807, 2.05) is 11.3 Å². The van der Waals surface area contributed by atoms with Gasteiger partial charge in [0.25, 0.3) is 0 Å². The Hall–Kier alpha value is -0.340. The summed E-state index contributed by atoms with van der Waals surface area (Å²) in [5, 5.41) is 5.70. The number of piperidine rings is 1. The first kappa shape index (κ1) is 8.93. The molecule has 1 saturated carbocycles. The summed E-state index contributed by atoms with van der Waals surface area (Å²) in [6, 6.07) is 4.56. The van der Waals surface area contributed by atoms with Crippen LogP contribution in [0, 0.1) is 5.92 Å². The zero-order valence-electron chi connectivity index (χ0n) is 8.46. The number of hydrogen-bond donors (Lipinski definition) is 1. The van der Waals surface area contributed by atoms with E-state index in [0.717, 1.165) is 5.92 Å². The zero-order valence-corrected chi connectivity index (χ0v) is 9.28. The van der Waals surface area contributed by atoms with Crippen molar-refractivity contribution in [2.75, 3.05) is 13.1 Å². The molecule has 1 aromatic heterocycles. The van der Waals surface area contributed by atoms with Gasteiger partial charge in [-0.15, -0.1) is 11.3 Å². The summed E-state index contributed by atoms with van der Waals surface area (Å²) in [6.07, 6.45) is 5.66. The normalized spacial score (nSPS) is 26.3. The molecule has 2 heterocycles. The van der Waals surface area contributed by atoms with Crippen LogP contribution in [0.5, 0.6) is 0 Å². The van der Waals surface area contributed by atoms with E-state index in [-0.39, 0.29) is 0 Å². The highest BCUT2D eigenvalue weighted by molar-refractivity contribution is 7.10.